The number of aromatic amines is 1. The van der Waals surface area contributed by atoms with Gasteiger partial charge in [-0.25, -0.2) is 4.79 Å². The van der Waals surface area contributed by atoms with Crippen molar-refractivity contribution in [2.24, 2.45) is 0 Å². The molecular weight excluding hydrogens is 288 g/mol. The van der Waals surface area contributed by atoms with Crippen LogP contribution in [0.3, 0.4) is 0 Å². The minimum absolute atomic E-state index is 0.243. The van der Waals surface area contributed by atoms with Crippen LogP contribution in [-0.4, -0.2) is 23.3 Å². The fourth-order valence-corrected chi connectivity index (χ4v) is 1.97. The van der Waals surface area contributed by atoms with E-state index in [2.05, 4.69) is 20.9 Å². The second-order valence-corrected chi connectivity index (χ2v) is 4.49. The zero-order valence-corrected chi connectivity index (χ0v) is 10.8. The zero-order chi connectivity index (χ0) is 12.4. The number of nitrogens with one attached hydrogen (secondary N) is 1. The summed E-state index contributed by atoms with van der Waals surface area (Å²) in [6, 6.07) is 5.16. The normalized spacial score (nSPS) is 10.9. The molecule has 1 N–H and O–H groups in total. The van der Waals surface area contributed by atoms with Gasteiger partial charge < -0.3 is 9.72 Å². The van der Waals surface area contributed by atoms with Gasteiger partial charge in [0.1, 0.15) is 0 Å². The van der Waals surface area contributed by atoms with Gasteiger partial charge in [-0.1, -0.05) is 15.9 Å². The largest absolute Gasteiger partial charge is 0.383 e. The monoisotopic (exact) mass is 298 g/mol. The van der Waals surface area contributed by atoms with E-state index >= 15 is 0 Å². The van der Waals surface area contributed by atoms with Gasteiger partial charge in [0, 0.05) is 11.6 Å². The minimum atomic E-state index is -0.415. The van der Waals surface area contributed by atoms with Gasteiger partial charge in [0.25, 0.3) is 5.56 Å². The van der Waals surface area contributed by atoms with E-state index in [4.69, 9.17) is 4.74 Å². The molecule has 0 fully saturated rings. The molecule has 0 saturated heterocycles. The standard InChI is InChI=1S/C11H11BrN2O3/c1-17-5-4-14-10(15)8-6-7(12)2-3-9(8)13-11(14)16/h2-3,6H,4-5H2,1H3,(H,13,16). The van der Waals surface area contributed by atoms with Gasteiger partial charge in [-0.05, 0) is 18.2 Å². The maximum Gasteiger partial charge on any atom is 0.328 e. The highest BCUT2D eigenvalue weighted by Crippen LogP contribution is 2.13. The molecular formula is C11H11BrN2O3. The zero-order valence-electron chi connectivity index (χ0n) is 9.20. The SMILES string of the molecule is COCCn1c(=O)[nH]c2ccc(Br)cc2c1=O. The molecule has 90 valence electrons. The van der Waals surface area contributed by atoms with E-state index in [0.29, 0.717) is 17.5 Å². The molecule has 0 aliphatic heterocycles. The molecule has 0 radical (unpaired) electrons. The lowest BCUT2D eigenvalue weighted by atomic mass is 10.2. The lowest BCUT2D eigenvalue weighted by molar-refractivity contribution is 0.185. The maximum atomic E-state index is 12.1. The van der Waals surface area contributed by atoms with Crippen LogP contribution in [0.1, 0.15) is 0 Å². The van der Waals surface area contributed by atoms with Crippen molar-refractivity contribution in [1.29, 1.82) is 0 Å². The molecule has 0 aliphatic rings. The molecule has 0 amide bonds. The van der Waals surface area contributed by atoms with Crippen LogP contribution in [0.25, 0.3) is 10.9 Å². The van der Waals surface area contributed by atoms with E-state index in [9.17, 15) is 9.59 Å². The van der Waals surface area contributed by atoms with Crippen molar-refractivity contribution in [2.45, 2.75) is 6.54 Å². The number of nitrogens with zero attached hydrogens (tertiary/aromatic N) is 1. The van der Waals surface area contributed by atoms with Gasteiger partial charge in [-0.15, -0.1) is 0 Å². The Kier molecular flexibility index (Phi) is 3.44. The van der Waals surface area contributed by atoms with Crippen molar-refractivity contribution in [3.63, 3.8) is 0 Å². The third-order valence-electron chi connectivity index (χ3n) is 2.46. The van der Waals surface area contributed by atoms with E-state index in [-0.39, 0.29) is 12.1 Å². The topological polar surface area (TPSA) is 64.1 Å². The first kappa shape index (κ1) is 12.1. The van der Waals surface area contributed by atoms with Crippen molar-refractivity contribution >= 4 is 26.8 Å². The number of hydrogen-bond acceptors (Lipinski definition) is 3. The lowest BCUT2D eigenvalue weighted by Gasteiger charge is -2.05. The molecule has 2 rings (SSSR count). The Morgan fingerprint density at radius 2 is 2.18 bits per heavy atom. The summed E-state index contributed by atoms with van der Waals surface area (Å²) in [4.78, 5) is 26.4. The van der Waals surface area contributed by atoms with Gasteiger partial charge >= 0.3 is 5.69 Å². The number of methoxy groups -OCH3 is 1. The lowest BCUT2D eigenvalue weighted by Crippen LogP contribution is -2.36. The summed E-state index contributed by atoms with van der Waals surface area (Å²) in [5, 5.41) is 0.482. The van der Waals surface area contributed by atoms with Crippen LogP contribution in [0, 0.1) is 0 Å². The molecule has 1 aromatic carbocycles. The number of hydrogen-bond donors (Lipinski definition) is 1. The third-order valence-corrected chi connectivity index (χ3v) is 2.96. The Hall–Kier alpha value is -1.40. The molecule has 17 heavy (non-hydrogen) atoms. The second-order valence-electron chi connectivity index (χ2n) is 3.57. The van der Waals surface area contributed by atoms with Crippen molar-refractivity contribution in [2.75, 3.05) is 13.7 Å². The van der Waals surface area contributed by atoms with E-state index < -0.39 is 5.69 Å². The third kappa shape index (κ3) is 2.32. The summed E-state index contributed by atoms with van der Waals surface area (Å²) in [7, 11) is 1.52. The highest BCUT2D eigenvalue weighted by Gasteiger charge is 2.07. The molecule has 1 aromatic heterocycles. The Balaban J connectivity index is 2.69. The molecule has 6 heteroatoms. The number of H-pyrrole nitrogens is 1. The fourth-order valence-electron chi connectivity index (χ4n) is 1.61. The van der Waals surface area contributed by atoms with Gasteiger partial charge in [0.15, 0.2) is 0 Å². The summed E-state index contributed by atoms with van der Waals surface area (Å²) in [6.07, 6.45) is 0. The average Bonchev–Trinajstić information content (AvgIpc) is 2.30. The highest BCUT2D eigenvalue weighted by atomic mass is 79.9. The number of halogens is 1. The second kappa shape index (κ2) is 4.85. The van der Waals surface area contributed by atoms with Crippen LogP contribution in [-0.2, 0) is 11.3 Å². The van der Waals surface area contributed by atoms with Gasteiger partial charge in [-0.3, -0.25) is 9.36 Å². The van der Waals surface area contributed by atoms with Crippen molar-refractivity contribution in [3.05, 3.63) is 43.5 Å². The quantitative estimate of drug-likeness (QED) is 0.923. The summed E-state index contributed by atoms with van der Waals surface area (Å²) >= 11 is 3.30. The Bertz CT molecular complexity index is 660. The van der Waals surface area contributed by atoms with E-state index in [1.165, 1.54) is 7.11 Å². The Morgan fingerprint density at radius 1 is 1.41 bits per heavy atom. The Labute approximate surface area is 105 Å². The molecule has 0 unspecified atom stereocenters. The Morgan fingerprint density at radius 3 is 2.88 bits per heavy atom. The first-order chi connectivity index (χ1) is 8.13. The van der Waals surface area contributed by atoms with E-state index in [0.717, 1.165) is 9.04 Å². The molecule has 1 heterocycles. The van der Waals surface area contributed by atoms with Gasteiger partial charge in [0.2, 0.25) is 0 Å². The fraction of sp³-hybridized carbons (Fsp3) is 0.273. The van der Waals surface area contributed by atoms with Crippen molar-refractivity contribution < 1.29 is 4.74 Å². The number of aromatic nitrogens is 2. The van der Waals surface area contributed by atoms with Crippen molar-refractivity contribution in [1.82, 2.24) is 9.55 Å². The number of rotatable bonds is 3. The molecule has 5 nitrogen and oxygen atoms in total. The summed E-state index contributed by atoms with van der Waals surface area (Å²) in [5.41, 5.74) is -0.180. The maximum absolute atomic E-state index is 12.1. The smallest absolute Gasteiger partial charge is 0.328 e. The van der Waals surface area contributed by atoms with Crippen LogP contribution in [0.2, 0.25) is 0 Å². The van der Waals surface area contributed by atoms with Crippen molar-refractivity contribution in [3.8, 4) is 0 Å². The number of benzene rings is 1. The predicted octanol–water partition coefficient (Wildman–Crippen LogP) is 1.10. The number of ether oxygens (including phenoxy) is 1. The highest BCUT2D eigenvalue weighted by molar-refractivity contribution is 9.10. The molecule has 0 atom stereocenters. The van der Waals surface area contributed by atoms with E-state index in [1.54, 1.807) is 18.2 Å². The molecule has 2 aromatic rings. The van der Waals surface area contributed by atoms with Crippen LogP contribution in [0.4, 0.5) is 0 Å². The average molecular weight is 299 g/mol. The molecule has 0 bridgehead atoms. The van der Waals surface area contributed by atoms with Gasteiger partial charge in [0.05, 0.1) is 24.1 Å². The van der Waals surface area contributed by atoms with Crippen LogP contribution >= 0.6 is 15.9 Å². The predicted molar refractivity (Wildman–Crippen MR) is 68.4 cm³/mol. The minimum Gasteiger partial charge on any atom is -0.383 e. The molecule has 0 aliphatic carbocycles. The molecule has 0 saturated carbocycles. The van der Waals surface area contributed by atoms with Crippen LogP contribution in [0.5, 0.6) is 0 Å². The summed E-state index contributed by atoms with van der Waals surface area (Å²) in [5.74, 6) is 0. The van der Waals surface area contributed by atoms with Gasteiger partial charge in [-0.2, -0.15) is 0 Å². The summed E-state index contributed by atoms with van der Waals surface area (Å²) in [6.45, 7) is 0.565. The number of fused-ring (bicyclic) bond motifs is 1. The van der Waals surface area contributed by atoms with Crippen LogP contribution < -0.4 is 11.2 Å². The summed E-state index contributed by atoms with van der Waals surface area (Å²) < 4.78 is 6.81. The first-order valence-corrected chi connectivity index (χ1v) is 5.84. The van der Waals surface area contributed by atoms with Crippen LogP contribution in [0.15, 0.2) is 32.3 Å². The van der Waals surface area contributed by atoms with E-state index in [1.807, 2.05) is 0 Å². The molecule has 0 spiro atoms. The first-order valence-electron chi connectivity index (χ1n) is 5.05.